The van der Waals surface area contributed by atoms with Gasteiger partial charge < -0.3 is 5.11 Å². The molecule has 0 saturated heterocycles. The Hall–Kier alpha value is -3.20. The number of sulfonamides is 1. The molecule has 0 aliphatic heterocycles. The van der Waals surface area contributed by atoms with Crippen molar-refractivity contribution in [1.82, 2.24) is 10.4 Å². The van der Waals surface area contributed by atoms with E-state index >= 15 is 0 Å². The van der Waals surface area contributed by atoms with Gasteiger partial charge in [0.1, 0.15) is 0 Å². The number of allylic oxidation sites excluding steroid dienone is 1. The summed E-state index contributed by atoms with van der Waals surface area (Å²) in [4.78, 5) is 29.2. The van der Waals surface area contributed by atoms with Crippen LogP contribution in [0, 0.1) is 17.8 Å². The Balaban J connectivity index is 2.29. The molecule has 172 valence electrons. The van der Waals surface area contributed by atoms with Gasteiger partial charge >= 0.3 is 5.97 Å². The number of hydrazine groups is 1. The minimum Gasteiger partial charge on any atom is -0.481 e. The van der Waals surface area contributed by atoms with Crippen LogP contribution in [0.1, 0.15) is 32.3 Å². The molecule has 0 spiro atoms. The maximum Gasteiger partial charge on any atom is 0.307 e. The Morgan fingerprint density at radius 1 is 1.12 bits per heavy atom. The number of hydrogen-bond acceptors (Lipinski definition) is 5. The van der Waals surface area contributed by atoms with Crippen molar-refractivity contribution in [2.75, 3.05) is 10.7 Å². The SMILES string of the molecule is CC(C)C[C@@H](C(=O)NN(c1ccccc1)S(C)(=O)=O)C(CC=Cc1cccnc1)C(=O)O. The second kappa shape index (κ2) is 11.4. The van der Waals surface area contributed by atoms with E-state index in [1.165, 1.54) is 0 Å². The van der Waals surface area contributed by atoms with Crippen molar-refractivity contribution >= 4 is 33.7 Å². The Kier molecular flexibility index (Phi) is 8.95. The van der Waals surface area contributed by atoms with Gasteiger partial charge in [0, 0.05) is 12.4 Å². The largest absolute Gasteiger partial charge is 0.481 e. The predicted octanol–water partition coefficient (Wildman–Crippen LogP) is 3.35. The molecule has 9 heteroatoms. The van der Waals surface area contributed by atoms with Crippen LogP contribution in [0.2, 0.25) is 0 Å². The Bertz CT molecular complexity index is 1020. The minimum absolute atomic E-state index is 0.0262. The summed E-state index contributed by atoms with van der Waals surface area (Å²) >= 11 is 0. The third-order valence-electron chi connectivity index (χ3n) is 4.78. The number of aliphatic carboxylic acids is 1. The molecular formula is C23H29N3O5S. The molecule has 1 aromatic carbocycles. The van der Waals surface area contributed by atoms with Crippen molar-refractivity contribution in [2.24, 2.45) is 17.8 Å². The summed E-state index contributed by atoms with van der Waals surface area (Å²) in [6.07, 6.45) is 8.11. The van der Waals surface area contributed by atoms with E-state index in [1.807, 2.05) is 19.9 Å². The summed E-state index contributed by atoms with van der Waals surface area (Å²) in [5.74, 6) is -3.71. The lowest BCUT2D eigenvalue weighted by Gasteiger charge is -2.28. The van der Waals surface area contributed by atoms with Crippen molar-refractivity contribution in [3.63, 3.8) is 0 Å². The number of carboxylic acid groups (broad SMARTS) is 1. The number of anilines is 1. The molecule has 2 N–H and O–H groups in total. The van der Waals surface area contributed by atoms with Crippen LogP contribution in [0.25, 0.3) is 6.08 Å². The number of para-hydroxylation sites is 1. The summed E-state index contributed by atoms with van der Waals surface area (Å²) in [5.41, 5.74) is 3.50. The molecule has 1 unspecified atom stereocenters. The van der Waals surface area contributed by atoms with Crippen LogP contribution in [0.3, 0.4) is 0 Å². The second-order valence-corrected chi connectivity index (χ2v) is 9.78. The standard InChI is InChI=1S/C23H29N3O5S/c1-17(2)15-21(20(23(28)29)13-7-9-18-10-8-14-24-16-18)22(27)25-26(32(3,30)31)19-11-5-4-6-12-19/h4-12,14,16-17,20-21H,13,15H2,1-3H3,(H,25,27)(H,28,29)/t20?,21-/m1/s1. The molecule has 0 radical (unpaired) electrons. The Labute approximate surface area is 189 Å². The Morgan fingerprint density at radius 2 is 1.81 bits per heavy atom. The monoisotopic (exact) mass is 459 g/mol. The maximum atomic E-state index is 13.2. The topological polar surface area (TPSA) is 117 Å². The fourth-order valence-electron chi connectivity index (χ4n) is 3.31. The van der Waals surface area contributed by atoms with E-state index in [0.717, 1.165) is 16.2 Å². The van der Waals surface area contributed by atoms with Gasteiger partial charge in [-0.05, 0) is 42.5 Å². The highest BCUT2D eigenvalue weighted by molar-refractivity contribution is 7.92. The first-order valence-corrected chi connectivity index (χ1v) is 12.1. The fraction of sp³-hybridized carbons (Fsp3) is 0.348. The number of rotatable bonds is 11. The third kappa shape index (κ3) is 7.49. The number of pyridine rings is 1. The van der Waals surface area contributed by atoms with Crippen molar-refractivity contribution in [3.05, 3.63) is 66.5 Å². The van der Waals surface area contributed by atoms with Gasteiger partial charge in [0.2, 0.25) is 15.9 Å². The van der Waals surface area contributed by atoms with Gasteiger partial charge in [-0.2, -0.15) is 4.41 Å². The van der Waals surface area contributed by atoms with Crippen molar-refractivity contribution < 1.29 is 23.1 Å². The van der Waals surface area contributed by atoms with Gasteiger partial charge in [-0.1, -0.05) is 50.3 Å². The van der Waals surface area contributed by atoms with Gasteiger partial charge in [-0.15, -0.1) is 0 Å². The summed E-state index contributed by atoms with van der Waals surface area (Å²) in [6.45, 7) is 3.77. The average Bonchev–Trinajstić information content (AvgIpc) is 2.73. The zero-order valence-electron chi connectivity index (χ0n) is 18.4. The number of aromatic nitrogens is 1. The highest BCUT2D eigenvalue weighted by Crippen LogP contribution is 2.26. The molecular weight excluding hydrogens is 430 g/mol. The van der Waals surface area contributed by atoms with E-state index in [0.29, 0.717) is 0 Å². The van der Waals surface area contributed by atoms with Crippen LogP contribution in [0.15, 0.2) is 60.9 Å². The average molecular weight is 460 g/mol. The first-order chi connectivity index (χ1) is 15.1. The van der Waals surface area contributed by atoms with Crippen molar-refractivity contribution in [2.45, 2.75) is 26.7 Å². The number of amides is 1. The summed E-state index contributed by atoms with van der Waals surface area (Å²) < 4.78 is 25.4. The quantitative estimate of drug-likeness (QED) is 0.498. The minimum atomic E-state index is -3.84. The Morgan fingerprint density at radius 3 is 2.34 bits per heavy atom. The lowest BCUT2D eigenvalue weighted by atomic mass is 9.82. The van der Waals surface area contributed by atoms with E-state index in [4.69, 9.17) is 0 Å². The van der Waals surface area contributed by atoms with Gasteiger partial charge in [-0.25, -0.2) is 8.42 Å². The maximum absolute atomic E-state index is 13.2. The van der Waals surface area contributed by atoms with E-state index < -0.39 is 33.7 Å². The number of nitrogens with one attached hydrogen (secondary N) is 1. The van der Waals surface area contributed by atoms with Crippen LogP contribution in [0.4, 0.5) is 5.69 Å². The number of carbonyl (C=O) groups excluding carboxylic acids is 1. The molecule has 0 fully saturated rings. The molecule has 32 heavy (non-hydrogen) atoms. The van der Waals surface area contributed by atoms with Crippen LogP contribution >= 0.6 is 0 Å². The zero-order valence-corrected chi connectivity index (χ0v) is 19.2. The summed E-state index contributed by atoms with van der Waals surface area (Å²) in [7, 11) is -3.84. The lowest BCUT2D eigenvalue weighted by molar-refractivity contribution is -0.147. The molecule has 1 aromatic heterocycles. The zero-order chi connectivity index (χ0) is 23.7. The van der Waals surface area contributed by atoms with E-state index in [-0.39, 0.29) is 24.4 Å². The number of carbonyl (C=O) groups is 2. The molecule has 2 rings (SSSR count). The van der Waals surface area contributed by atoms with Crippen LogP contribution in [0.5, 0.6) is 0 Å². The van der Waals surface area contributed by atoms with Crippen molar-refractivity contribution in [1.29, 1.82) is 0 Å². The second-order valence-electron chi connectivity index (χ2n) is 7.94. The molecule has 1 amide bonds. The first-order valence-electron chi connectivity index (χ1n) is 10.2. The first kappa shape index (κ1) is 25.1. The molecule has 0 saturated carbocycles. The van der Waals surface area contributed by atoms with Crippen LogP contribution < -0.4 is 9.84 Å². The predicted molar refractivity (Wildman–Crippen MR) is 124 cm³/mol. The molecule has 8 nitrogen and oxygen atoms in total. The van der Waals surface area contributed by atoms with Crippen molar-refractivity contribution in [3.8, 4) is 0 Å². The fourth-order valence-corrected chi connectivity index (χ4v) is 4.07. The van der Waals surface area contributed by atoms with E-state index in [2.05, 4.69) is 10.4 Å². The summed E-state index contributed by atoms with van der Waals surface area (Å²) in [6, 6.07) is 11.7. The number of hydrogen-bond donors (Lipinski definition) is 2. The normalized spacial score (nSPS) is 13.6. The highest BCUT2D eigenvalue weighted by atomic mass is 32.2. The number of carboxylic acids is 1. The smallest absolute Gasteiger partial charge is 0.307 e. The van der Waals surface area contributed by atoms with E-state index in [1.54, 1.807) is 60.9 Å². The number of benzene rings is 1. The van der Waals surface area contributed by atoms with Crippen LogP contribution in [-0.4, -0.2) is 36.6 Å². The highest BCUT2D eigenvalue weighted by Gasteiger charge is 2.35. The molecule has 2 aromatic rings. The van der Waals surface area contributed by atoms with E-state index in [9.17, 15) is 23.1 Å². The van der Waals surface area contributed by atoms with Gasteiger partial charge in [-0.3, -0.25) is 20.0 Å². The van der Waals surface area contributed by atoms with Gasteiger partial charge in [0.25, 0.3) is 0 Å². The third-order valence-corrected chi connectivity index (χ3v) is 5.75. The number of nitrogens with zero attached hydrogens (tertiary/aromatic N) is 2. The molecule has 1 heterocycles. The molecule has 2 atom stereocenters. The molecule has 0 bridgehead atoms. The molecule has 0 aliphatic rings. The van der Waals surface area contributed by atoms with Crippen LogP contribution in [-0.2, 0) is 19.6 Å². The molecule has 0 aliphatic carbocycles. The van der Waals surface area contributed by atoms with Gasteiger partial charge in [0.05, 0.1) is 23.8 Å². The summed E-state index contributed by atoms with van der Waals surface area (Å²) in [5, 5.41) is 9.86. The lowest BCUT2D eigenvalue weighted by Crippen LogP contribution is -2.50. The van der Waals surface area contributed by atoms with Gasteiger partial charge in [0.15, 0.2) is 0 Å².